The minimum atomic E-state index is 0.538. The van der Waals surface area contributed by atoms with Gasteiger partial charge in [-0.25, -0.2) is 0 Å². The van der Waals surface area contributed by atoms with Crippen molar-refractivity contribution in [3.8, 4) is 0 Å². The standard InChI is InChI=1S/C10H10BrN/c11-7-1-2-8-9(5-7)12-6-10(8)3-4-10/h1-2,5,12H,3-4,6H2. The third-order valence-corrected chi connectivity index (χ3v) is 3.52. The quantitative estimate of drug-likeness (QED) is 0.714. The van der Waals surface area contributed by atoms with Gasteiger partial charge in [-0.1, -0.05) is 22.0 Å². The average Bonchev–Trinajstić information content (AvgIpc) is 2.73. The van der Waals surface area contributed by atoms with Gasteiger partial charge in [-0.2, -0.15) is 0 Å². The summed E-state index contributed by atoms with van der Waals surface area (Å²) in [7, 11) is 0. The van der Waals surface area contributed by atoms with E-state index in [0.717, 1.165) is 6.54 Å². The van der Waals surface area contributed by atoms with Crippen LogP contribution in [0.4, 0.5) is 5.69 Å². The Morgan fingerprint density at radius 2 is 2.17 bits per heavy atom. The van der Waals surface area contributed by atoms with Gasteiger partial charge in [0.25, 0.3) is 0 Å². The molecular formula is C10H10BrN. The zero-order chi connectivity index (χ0) is 8.18. The SMILES string of the molecule is Brc1ccc2c(c1)NCC21CC1. The molecule has 1 N–H and O–H groups in total. The molecule has 1 aromatic carbocycles. The molecule has 0 bridgehead atoms. The Kier molecular flexibility index (Phi) is 1.19. The van der Waals surface area contributed by atoms with Crippen molar-refractivity contribution >= 4 is 21.6 Å². The zero-order valence-electron chi connectivity index (χ0n) is 6.73. The molecule has 1 nitrogen and oxygen atoms in total. The highest BCUT2D eigenvalue weighted by Crippen LogP contribution is 2.54. The van der Waals surface area contributed by atoms with Crippen molar-refractivity contribution in [2.24, 2.45) is 0 Å². The number of nitrogens with one attached hydrogen (secondary N) is 1. The van der Waals surface area contributed by atoms with Crippen LogP contribution in [0.3, 0.4) is 0 Å². The molecule has 0 amide bonds. The summed E-state index contributed by atoms with van der Waals surface area (Å²) in [6.07, 6.45) is 2.74. The number of benzene rings is 1. The van der Waals surface area contributed by atoms with E-state index in [1.54, 1.807) is 0 Å². The number of halogens is 1. The van der Waals surface area contributed by atoms with Crippen LogP contribution in [0.5, 0.6) is 0 Å². The number of hydrogen-bond donors (Lipinski definition) is 1. The van der Waals surface area contributed by atoms with E-state index in [4.69, 9.17) is 0 Å². The summed E-state index contributed by atoms with van der Waals surface area (Å²) in [5.41, 5.74) is 3.41. The van der Waals surface area contributed by atoms with Crippen LogP contribution in [0.1, 0.15) is 18.4 Å². The first-order chi connectivity index (χ1) is 5.80. The highest BCUT2D eigenvalue weighted by molar-refractivity contribution is 9.10. The van der Waals surface area contributed by atoms with E-state index in [1.165, 1.54) is 28.6 Å². The van der Waals surface area contributed by atoms with Crippen molar-refractivity contribution < 1.29 is 0 Å². The molecule has 0 radical (unpaired) electrons. The van der Waals surface area contributed by atoms with Gasteiger partial charge in [0.05, 0.1) is 0 Å². The monoisotopic (exact) mass is 223 g/mol. The third-order valence-electron chi connectivity index (χ3n) is 3.02. The lowest BCUT2D eigenvalue weighted by atomic mass is 9.99. The maximum Gasteiger partial charge on any atom is 0.0390 e. The molecule has 1 saturated carbocycles. The predicted molar refractivity (Wildman–Crippen MR) is 53.5 cm³/mol. The van der Waals surface area contributed by atoms with Gasteiger partial charge in [0.1, 0.15) is 0 Å². The minimum absolute atomic E-state index is 0.538. The fourth-order valence-corrected chi connectivity index (χ4v) is 2.44. The molecule has 0 saturated heterocycles. The molecule has 1 spiro atoms. The van der Waals surface area contributed by atoms with E-state index in [1.807, 2.05) is 0 Å². The van der Waals surface area contributed by atoms with Crippen molar-refractivity contribution in [2.75, 3.05) is 11.9 Å². The summed E-state index contributed by atoms with van der Waals surface area (Å²) in [6.45, 7) is 1.15. The average molecular weight is 224 g/mol. The summed E-state index contributed by atoms with van der Waals surface area (Å²) < 4.78 is 1.17. The molecule has 1 heterocycles. The van der Waals surface area contributed by atoms with Crippen LogP contribution < -0.4 is 5.32 Å². The fourth-order valence-electron chi connectivity index (χ4n) is 2.08. The van der Waals surface area contributed by atoms with Crippen molar-refractivity contribution in [2.45, 2.75) is 18.3 Å². The van der Waals surface area contributed by atoms with E-state index in [2.05, 4.69) is 39.4 Å². The Balaban J connectivity index is 2.18. The lowest BCUT2D eigenvalue weighted by Crippen LogP contribution is -2.07. The molecule has 2 heteroatoms. The Morgan fingerprint density at radius 1 is 1.33 bits per heavy atom. The predicted octanol–water partition coefficient (Wildman–Crippen LogP) is 2.91. The summed E-state index contributed by atoms with van der Waals surface area (Å²) >= 11 is 3.48. The molecule has 62 valence electrons. The molecule has 2 aliphatic rings. The van der Waals surface area contributed by atoms with E-state index in [9.17, 15) is 0 Å². The first-order valence-electron chi connectivity index (χ1n) is 4.34. The van der Waals surface area contributed by atoms with Gasteiger partial charge in [-0.15, -0.1) is 0 Å². The molecule has 1 aliphatic carbocycles. The Morgan fingerprint density at radius 3 is 2.92 bits per heavy atom. The van der Waals surface area contributed by atoms with Gasteiger partial charge in [-0.05, 0) is 30.5 Å². The van der Waals surface area contributed by atoms with Gasteiger partial charge in [-0.3, -0.25) is 0 Å². The van der Waals surface area contributed by atoms with E-state index >= 15 is 0 Å². The van der Waals surface area contributed by atoms with Gasteiger partial charge in [0.15, 0.2) is 0 Å². The van der Waals surface area contributed by atoms with Crippen molar-refractivity contribution in [1.82, 2.24) is 0 Å². The second-order valence-corrected chi connectivity index (χ2v) is 4.74. The Labute approximate surface area is 80.3 Å². The molecular weight excluding hydrogens is 214 g/mol. The molecule has 0 unspecified atom stereocenters. The van der Waals surface area contributed by atoms with Crippen LogP contribution in [0.25, 0.3) is 0 Å². The summed E-state index contributed by atoms with van der Waals surface area (Å²) in [4.78, 5) is 0. The molecule has 0 aromatic heterocycles. The lowest BCUT2D eigenvalue weighted by Gasteiger charge is -2.04. The highest BCUT2D eigenvalue weighted by atomic mass is 79.9. The van der Waals surface area contributed by atoms with Crippen LogP contribution >= 0.6 is 15.9 Å². The summed E-state index contributed by atoms with van der Waals surface area (Å²) in [5, 5.41) is 3.46. The first-order valence-corrected chi connectivity index (χ1v) is 5.13. The van der Waals surface area contributed by atoms with Crippen molar-refractivity contribution in [3.63, 3.8) is 0 Å². The van der Waals surface area contributed by atoms with Crippen LogP contribution in [0, 0.1) is 0 Å². The summed E-state index contributed by atoms with van der Waals surface area (Å²) in [6, 6.07) is 6.58. The largest absolute Gasteiger partial charge is 0.384 e. The zero-order valence-corrected chi connectivity index (χ0v) is 8.32. The van der Waals surface area contributed by atoms with Crippen LogP contribution in [-0.4, -0.2) is 6.54 Å². The second-order valence-electron chi connectivity index (χ2n) is 3.82. The molecule has 1 aliphatic heterocycles. The van der Waals surface area contributed by atoms with Gasteiger partial charge >= 0.3 is 0 Å². The van der Waals surface area contributed by atoms with Gasteiger partial charge in [0, 0.05) is 22.1 Å². The fraction of sp³-hybridized carbons (Fsp3) is 0.400. The maximum atomic E-state index is 3.48. The second kappa shape index (κ2) is 2.05. The molecule has 12 heavy (non-hydrogen) atoms. The van der Waals surface area contributed by atoms with Crippen molar-refractivity contribution in [3.05, 3.63) is 28.2 Å². The first kappa shape index (κ1) is 6.96. The lowest BCUT2D eigenvalue weighted by molar-refractivity contribution is 0.778. The topological polar surface area (TPSA) is 12.0 Å². The van der Waals surface area contributed by atoms with Gasteiger partial charge < -0.3 is 5.32 Å². The normalized spacial score (nSPS) is 22.1. The van der Waals surface area contributed by atoms with E-state index < -0.39 is 0 Å². The maximum absolute atomic E-state index is 3.48. The smallest absolute Gasteiger partial charge is 0.0390 e. The molecule has 3 rings (SSSR count). The van der Waals surface area contributed by atoms with Crippen LogP contribution in [-0.2, 0) is 5.41 Å². The van der Waals surface area contributed by atoms with Gasteiger partial charge in [0.2, 0.25) is 0 Å². The molecule has 1 fully saturated rings. The third kappa shape index (κ3) is 0.789. The number of rotatable bonds is 0. The van der Waals surface area contributed by atoms with Crippen molar-refractivity contribution in [1.29, 1.82) is 0 Å². The summed E-state index contributed by atoms with van der Waals surface area (Å²) in [5.74, 6) is 0. The number of hydrogen-bond acceptors (Lipinski definition) is 1. The minimum Gasteiger partial charge on any atom is -0.384 e. The molecule has 1 aromatic rings. The number of fused-ring (bicyclic) bond motifs is 2. The molecule has 0 atom stereocenters. The Bertz CT molecular complexity index is 342. The Hall–Kier alpha value is -0.500. The van der Waals surface area contributed by atoms with E-state index in [0.29, 0.717) is 5.41 Å². The van der Waals surface area contributed by atoms with Crippen LogP contribution in [0.2, 0.25) is 0 Å². The highest BCUT2D eigenvalue weighted by Gasteiger charge is 2.48. The number of anilines is 1. The van der Waals surface area contributed by atoms with Crippen LogP contribution in [0.15, 0.2) is 22.7 Å². The van der Waals surface area contributed by atoms with E-state index in [-0.39, 0.29) is 0 Å².